The van der Waals surface area contributed by atoms with Crippen LogP contribution in [0, 0.1) is 0 Å². The van der Waals surface area contributed by atoms with Gasteiger partial charge in [-0.05, 0) is 37.9 Å². The van der Waals surface area contributed by atoms with Gasteiger partial charge >= 0.3 is 0 Å². The normalized spacial score (nSPS) is 10.5. The van der Waals surface area contributed by atoms with Crippen LogP contribution in [0.1, 0.15) is 0 Å². The molecule has 0 aromatic carbocycles. The van der Waals surface area contributed by atoms with Crippen LogP contribution in [0.3, 0.4) is 0 Å². The van der Waals surface area contributed by atoms with Crippen molar-refractivity contribution in [3.8, 4) is 0 Å². The zero-order valence-corrected chi connectivity index (χ0v) is 9.13. The monoisotopic (exact) mass is 286 g/mol. The van der Waals surface area contributed by atoms with Gasteiger partial charge in [-0.3, -0.25) is 4.98 Å². The molecule has 2 heterocycles. The molecule has 2 nitrogen and oxygen atoms in total. The molecule has 0 amide bonds. The number of aromatic nitrogens is 2. The lowest BCUT2D eigenvalue weighted by Gasteiger charge is -1.99. The van der Waals surface area contributed by atoms with Crippen molar-refractivity contribution in [3.05, 3.63) is 33.7 Å². The van der Waals surface area contributed by atoms with Gasteiger partial charge in [-0.25, -0.2) is 4.98 Å². The number of halogens is 2. The van der Waals surface area contributed by atoms with Crippen molar-refractivity contribution in [2.45, 2.75) is 0 Å². The summed E-state index contributed by atoms with van der Waals surface area (Å²) in [5.41, 5.74) is 0. The standard InChI is InChI=1S/C8H4Br2N2/c9-6-4-11-3-5-1-2-12-8(10)7(5)6/h1-4H. The number of hydrogen-bond donors (Lipinski definition) is 0. The van der Waals surface area contributed by atoms with Gasteiger partial charge in [0.25, 0.3) is 0 Å². The summed E-state index contributed by atoms with van der Waals surface area (Å²) >= 11 is 6.79. The Morgan fingerprint density at radius 2 is 2.00 bits per heavy atom. The van der Waals surface area contributed by atoms with Crippen molar-refractivity contribution in [1.82, 2.24) is 9.97 Å². The first-order chi connectivity index (χ1) is 5.79. The summed E-state index contributed by atoms with van der Waals surface area (Å²) in [6, 6.07) is 1.93. The quantitative estimate of drug-likeness (QED) is 0.696. The zero-order valence-electron chi connectivity index (χ0n) is 5.96. The Kier molecular flexibility index (Phi) is 2.11. The number of rotatable bonds is 0. The molecule has 60 valence electrons. The van der Waals surface area contributed by atoms with E-state index in [-0.39, 0.29) is 0 Å². The van der Waals surface area contributed by atoms with Crippen molar-refractivity contribution in [2.75, 3.05) is 0 Å². The highest BCUT2D eigenvalue weighted by molar-refractivity contribution is 9.11. The number of fused-ring (bicyclic) bond motifs is 1. The van der Waals surface area contributed by atoms with E-state index in [1.165, 1.54) is 0 Å². The fourth-order valence-corrected chi connectivity index (χ4v) is 2.40. The fourth-order valence-electron chi connectivity index (χ4n) is 1.04. The van der Waals surface area contributed by atoms with Crippen LogP contribution >= 0.6 is 31.9 Å². The highest BCUT2D eigenvalue weighted by atomic mass is 79.9. The third-order valence-electron chi connectivity index (χ3n) is 1.58. The van der Waals surface area contributed by atoms with Gasteiger partial charge in [0.05, 0.1) is 0 Å². The first kappa shape index (κ1) is 8.13. The van der Waals surface area contributed by atoms with E-state index in [1.54, 1.807) is 12.4 Å². The molecule has 0 N–H and O–H groups in total. The van der Waals surface area contributed by atoms with Gasteiger partial charge < -0.3 is 0 Å². The lowest BCUT2D eigenvalue weighted by Crippen LogP contribution is -1.81. The van der Waals surface area contributed by atoms with Gasteiger partial charge in [-0.15, -0.1) is 0 Å². The maximum Gasteiger partial charge on any atom is 0.115 e. The van der Waals surface area contributed by atoms with Crippen molar-refractivity contribution in [2.24, 2.45) is 0 Å². The lowest BCUT2D eigenvalue weighted by atomic mass is 10.2. The fraction of sp³-hybridized carbons (Fsp3) is 0. The highest BCUT2D eigenvalue weighted by Gasteiger charge is 2.02. The molecule has 0 aliphatic carbocycles. The van der Waals surface area contributed by atoms with Crippen LogP contribution in [0.5, 0.6) is 0 Å². The van der Waals surface area contributed by atoms with Crippen LogP contribution in [0.25, 0.3) is 10.8 Å². The summed E-state index contributed by atoms with van der Waals surface area (Å²) in [5, 5.41) is 2.14. The Bertz CT molecular complexity index is 392. The molecule has 4 heteroatoms. The second kappa shape index (κ2) is 3.11. The summed E-state index contributed by atoms with van der Waals surface area (Å²) in [6.07, 6.45) is 5.32. The first-order valence-electron chi connectivity index (χ1n) is 3.33. The predicted octanol–water partition coefficient (Wildman–Crippen LogP) is 3.15. The summed E-state index contributed by atoms with van der Waals surface area (Å²) in [4.78, 5) is 8.19. The SMILES string of the molecule is Brc1cncc2ccnc(Br)c12. The molecule has 0 bridgehead atoms. The zero-order chi connectivity index (χ0) is 8.55. The van der Waals surface area contributed by atoms with Crippen LogP contribution in [-0.4, -0.2) is 9.97 Å². The van der Waals surface area contributed by atoms with E-state index in [2.05, 4.69) is 41.8 Å². The minimum Gasteiger partial charge on any atom is -0.263 e. The summed E-state index contributed by atoms with van der Waals surface area (Å²) < 4.78 is 1.80. The summed E-state index contributed by atoms with van der Waals surface area (Å²) in [6.45, 7) is 0. The van der Waals surface area contributed by atoms with Crippen molar-refractivity contribution >= 4 is 42.6 Å². The van der Waals surface area contributed by atoms with E-state index in [0.717, 1.165) is 19.8 Å². The van der Waals surface area contributed by atoms with E-state index in [0.29, 0.717) is 0 Å². The lowest BCUT2D eigenvalue weighted by molar-refractivity contribution is 1.28. The van der Waals surface area contributed by atoms with Gasteiger partial charge in [-0.1, -0.05) is 0 Å². The largest absolute Gasteiger partial charge is 0.263 e. The Hall–Kier alpha value is -0.480. The second-order valence-electron chi connectivity index (χ2n) is 2.32. The third-order valence-corrected chi connectivity index (χ3v) is 2.78. The summed E-state index contributed by atoms with van der Waals surface area (Å²) in [5.74, 6) is 0. The maximum atomic E-state index is 4.13. The molecular weight excluding hydrogens is 284 g/mol. The van der Waals surface area contributed by atoms with Crippen LogP contribution in [0.15, 0.2) is 33.7 Å². The molecule has 0 radical (unpaired) electrons. The number of nitrogens with zero attached hydrogens (tertiary/aromatic N) is 2. The molecule has 0 aliphatic heterocycles. The maximum absolute atomic E-state index is 4.13. The molecule has 0 saturated carbocycles. The number of hydrogen-bond acceptors (Lipinski definition) is 2. The third kappa shape index (κ3) is 1.25. The van der Waals surface area contributed by atoms with Crippen LogP contribution < -0.4 is 0 Å². The molecule has 0 spiro atoms. The molecule has 2 aromatic rings. The topological polar surface area (TPSA) is 25.8 Å². The van der Waals surface area contributed by atoms with Gasteiger partial charge in [0.2, 0.25) is 0 Å². The Morgan fingerprint density at radius 3 is 2.75 bits per heavy atom. The molecular formula is C8H4Br2N2. The Morgan fingerprint density at radius 1 is 1.17 bits per heavy atom. The average Bonchev–Trinajstić information content (AvgIpc) is 2.04. The molecule has 0 aliphatic rings. The molecule has 2 aromatic heterocycles. The number of pyridine rings is 2. The Balaban J connectivity index is 2.96. The molecule has 2 rings (SSSR count). The van der Waals surface area contributed by atoms with E-state index in [4.69, 9.17) is 0 Å². The van der Waals surface area contributed by atoms with E-state index in [1.807, 2.05) is 12.3 Å². The molecule has 0 unspecified atom stereocenters. The van der Waals surface area contributed by atoms with Gasteiger partial charge in [0.1, 0.15) is 4.60 Å². The minimum absolute atomic E-state index is 0.842. The van der Waals surface area contributed by atoms with E-state index in [9.17, 15) is 0 Å². The van der Waals surface area contributed by atoms with Crippen LogP contribution in [0.2, 0.25) is 0 Å². The highest BCUT2D eigenvalue weighted by Crippen LogP contribution is 2.27. The predicted molar refractivity (Wildman–Crippen MR) is 54.9 cm³/mol. The van der Waals surface area contributed by atoms with E-state index < -0.39 is 0 Å². The molecule has 0 saturated heterocycles. The van der Waals surface area contributed by atoms with Gasteiger partial charge in [0, 0.05) is 33.8 Å². The van der Waals surface area contributed by atoms with Crippen molar-refractivity contribution < 1.29 is 0 Å². The van der Waals surface area contributed by atoms with Crippen molar-refractivity contribution in [1.29, 1.82) is 0 Å². The van der Waals surface area contributed by atoms with Crippen LogP contribution in [-0.2, 0) is 0 Å². The van der Waals surface area contributed by atoms with Crippen molar-refractivity contribution in [3.63, 3.8) is 0 Å². The average molecular weight is 288 g/mol. The summed E-state index contributed by atoms with van der Waals surface area (Å²) in [7, 11) is 0. The molecule has 0 atom stereocenters. The van der Waals surface area contributed by atoms with Crippen LogP contribution in [0.4, 0.5) is 0 Å². The first-order valence-corrected chi connectivity index (χ1v) is 4.91. The van der Waals surface area contributed by atoms with E-state index >= 15 is 0 Å². The smallest absolute Gasteiger partial charge is 0.115 e. The Labute approximate surface area is 86.3 Å². The second-order valence-corrected chi connectivity index (χ2v) is 3.93. The minimum atomic E-state index is 0.842. The molecule has 12 heavy (non-hydrogen) atoms. The molecule has 0 fully saturated rings. The van der Waals surface area contributed by atoms with Gasteiger partial charge in [0.15, 0.2) is 0 Å². The van der Waals surface area contributed by atoms with Gasteiger partial charge in [-0.2, -0.15) is 0 Å².